The van der Waals surface area contributed by atoms with Crippen LogP contribution in [0.1, 0.15) is 0 Å². The van der Waals surface area contributed by atoms with Gasteiger partial charge in [-0.3, -0.25) is 10.1 Å². The number of nitro groups is 1. The van der Waals surface area contributed by atoms with Gasteiger partial charge in [-0.25, -0.2) is 8.42 Å². The quantitative estimate of drug-likeness (QED) is 0.304. The molecule has 1 rings (SSSR count). The molecule has 8 heteroatoms. The normalized spacial score (nSPS) is 10.4. The van der Waals surface area contributed by atoms with Gasteiger partial charge in [-0.05, 0) is 6.07 Å². The number of rotatable bonds is 2. The van der Waals surface area contributed by atoms with E-state index in [0.29, 0.717) is 0 Å². The van der Waals surface area contributed by atoms with Crippen LogP contribution in [0.2, 0.25) is 0 Å². The van der Waals surface area contributed by atoms with E-state index in [1.165, 1.54) is 0 Å². The van der Waals surface area contributed by atoms with Crippen molar-refractivity contribution in [3.05, 3.63) is 34.4 Å². The highest BCUT2D eigenvalue weighted by molar-refractivity contribution is 7.85. The highest BCUT2D eigenvalue weighted by Crippen LogP contribution is 2.16. The van der Waals surface area contributed by atoms with Gasteiger partial charge in [0.05, 0.1) is 9.82 Å². The third kappa shape index (κ3) is 2.98. The van der Waals surface area contributed by atoms with Crippen LogP contribution in [0.3, 0.4) is 0 Å². The van der Waals surface area contributed by atoms with Crippen molar-refractivity contribution in [3.8, 4) is 0 Å². The van der Waals surface area contributed by atoms with Crippen molar-refractivity contribution >= 4 is 29.3 Å². The predicted molar refractivity (Wildman–Crippen MR) is 52.6 cm³/mol. The van der Waals surface area contributed by atoms with Crippen molar-refractivity contribution in [2.24, 2.45) is 0 Å². The number of nitro benzene ring substituents is 1. The highest BCUT2D eigenvalue weighted by atomic mass is 32.2. The van der Waals surface area contributed by atoms with Crippen molar-refractivity contribution in [3.63, 3.8) is 0 Å². The van der Waals surface area contributed by atoms with Crippen LogP contribution in [0.15, 0.2) is 29.2 Å². The van der Waals surface area contributed by atoms with Gasteiger partial charge < -0.3 is 4.55 Å². The van der Waals surface area contributed by atoms with E-state index in [1.54, 1.807) is 0 Å². The maximum Gasteiger partial charge on any atom is 0.270 e. The van der Waals surface area contributed by atoms with E-state index < -0.39 is 25.6 Å². The van der Waals surface area contributed by atoms with Gasteiger partial charge in [0.25, 0.3) is 5.69 Å². The lowest BCUT2D eigenvalue weighted by Crippen LogP contribution is -1.99. The number of nitrogens with zero attached hydrogens (tertiary/aromatic N) is 1. The molecule has 14 heavy (non-hydrogen) atoms. The molecule has 0 heterocycles. The van der Waals surface area contributed by atoms with Crippen LogP contribution in [-0.2, 0) is 23.6 Å². The molecule has 0 aliphatic carbocycles. The number of hydrogen-bond donors (Lipinski definition) is 0. The van der Waals surface area contributed by atoms with Crippen molar-refractivity contribution in [2.75, 3.05) is 0 Å². The third-order valence-corrected chi connectivity index (χ3v) is 2.15. The van der Waals surface area contributed by atoms with E-state index in [2.05, 4.69) is 0 Å². The average Bonchev–Trinajstić information content (AvgIpc) is 2.03. The highest BCUT2D eigenvalue weighted by Gasteiger charge is 2.08. The largest absolute Gasteiger partial charge is 0.744 e. The van der Waals surface area contributed by atoms with E-state index in [-0.39, 0.29) is 13.5 Å². The standard InChI is InChI=1S/C6H5NO5S.H2S/c8-7(9)5-2-1-3-6(4-5)13(10,11)12;/h1-4H,(H,10,11,12);1H2. The minimum Gasteiger partial charge on any atom is -0.744 e. The molecule has 1 aromatic rings. The monoisotopic (exact) mass is 237 g/mol. The molecule has 0 saturated heterocycles. The zero-order valence-corrected chi connectivity index (χ0v) is 8.75. The predicted octanol–water partition coefficient (Wildman–Crippen LogP) is -0.307. The molecule has 1 aromatic carbocycles. The molecular formula is C6H7NO5S2. The molecule has 0 aliphatic heterocycles. The summed E-state index contributed by atoms with van der Waals surface area (Å²) >= 11 is 0. The van der Waals surface area contributed by atoms with Gasteiger partial charge in [0.1, 0.15) is 10.1 Å². The molecule has 6 nitrogen and oxygen atoms in total. The summed E-state index contributed by atoms with van der Waals surface area (Å²) in [6, 6.07) is 3.98. The smallest absolute Gasteiger partial charge is 0.270 e. The van der Waals surface area contributed by atoms with Gasteiger partial charge in [0.15, 0.2) is 0 Å². The van der Waals surface area contributed by atoms with Gasteiger partial charge in [0, 0.05) is 12.1 Å². The Kier molecular flexibility index (Phi) is 4.05. The second-order valence-electron chi connectivity index (χ2n) is 2.21. The van der Waals surface area contributed by atoms with Crippen molar-refractivity contribution in [1.29, 1.82) is 0 Å². The lowest BCUT2D eigenvalue weighted by atomic mass is 10.3. The van der Waals surface area contributed by atoms with Crippen LogP contribution < -0.4 is 0 Å². The fourth-order valence-corrected chi connectivity index (χ4v) is 1.26. The molecule has 0 bridgehead atoms. The minimum atomic E-state index is -4.61. The molecule has 78 valence electrons. The molecule has 0 radical (unpaired) electrons. The first kappa shape index (κ1) is 12.9. The van der Waals surface area contributed by atoms with E-state index in [4.69, 9.17) is 0 Å². The lowest BCUT2D eigenvalue weighted by molar-refractivity contribution is -0.385. The van der Waals surface area contributed by atoms with E-state index in [0.717, 1.165) is 24.3 Å². The number of non-ortho nitro benzene ring substituents is 1. The second kappa shape index (κ2) is 4.40. The summed E-state index contributed by atoms with van der Waals surface area (Å²) in [6.07, 6.45) is 0. The van der Waals surface area contributed by atoms with Crippen LogP contribution in [0.25, 0.3) is 0 Å². The molecular weight excluding hydrogens is 230 g/mol. The summed E-state index contributed by atoms with van der Waals surface area (Å²) in [4.78, 5) is 8.82. The Labute approximate surface area is 86.9 Å². The Hall–Kier alpha value is -1.12. The van der Waals surface area contributed by atoms with E-state index in [1.807, 2.05) is 0 Å². The van der Waals surface area contributed by atoms with Gasteiger partial charge >= 0.3 is 0 Å². The van der Waals surface area contributed by atoms with Crippen molar-refractivity contribution < 1.29 is 17.9 Å². The third-order valence-electron chi connectivity index (χ3n) is 1.32. The molecule has 0 fully saturated rings. The maximum atomic E-state index is 10.4. The Balaban J connectivity index is 0.00000169. The first-order valence-electron chi connectivity index (χ1n) is 3.11. The van der Waals surface area contributed by atoms with Gasteiger partial charge in [0.2, 0.25) is 0 Å². The van der Waals surface area contributed by atoms with Gasteiger partial charge in [-0.2, -0.15) is 0 Å². The Bertz CT molecular complexity index is 441. The summed E-state index contributed by atoms with van der Waals surface area (Å²) in [5.41, 5.74) is -0.420. The van der Waals surface area contributed by atoms with E-state index >= 15 is 0 Å². The van der Waals surface area contributed by atoms with E-state index in [9.17, 15) is 23.1 Å². The summed E-state index contributed by atoms with van der Waals surface area (Å²) in [7, 11) is -4.61. The molecule has 0 aliphatic rings. The van der Waals surface area contributed by atoms with Crippen molar-refractivity contribution in [2.45, 2.75) is 4.90 Å². The van der Waals surface area contributed by atoms with Crippen LogP contribution in [0.5, 0.6) is 0 Å². The summed E-state index contributed by atoms with van der Waals surface area (Å²) in [5.74, 6) is 0. The SMILES string of the molecule is O=[N+]([O-])c1cccc(S(=O)(=O)[O-])c1.[SH3+]. The maximum absolute atomic E-state index is 10.4. The topological polar surface area (TPSA) is 100 Å². The summed E-state index contributed by atoms with van der Waals surface area (Å²) in [5, 5.41) is 10.2. The van der Waals surface area contributed by atoms with Crippen LogP contribution in [0, 0.1) is 10.1 Å². The average molecular weight is 237 g/mol. The zero-order chi connectivity index (χ0) is 10.1. The van der Waals surface area contributed by atoms with Crippen molar-refractivity contribution in [1.82, 2.24) is 0 Å². The van der Waals surface area contributed by atoms with Crippen LogP contribution in [0.4, 0.5) is 5.69 Å². The fraction of sp³-hybridized carbons (Fsp3) is 0. The molecule has 0 aromatic heterocycles. The first-order valence-corrected chi connectivity index (χ1v) is 4.52. The zero-order valence-electron chi connectivity index (χ0n) is 6.78. The first-order chi connectivity index (χ1) is 5.91. The fourth-order valence-electron chi connectivity index (χ4n) is 0.753. The lowest BCUT2D eigenvalue weighted by Gasteiger charge is -2.05. The Morgan fingerprint density at radius 1 is 1.29 bits per heavy atom. The molecule has 0 spiro atoms. The number of benzene rings is 1. The molecule has 0 amide bonds. The minimum absolute atomic E-state index is 0. The van der Waals surface area contributed by atoms with Crippen LogP contribution in [-0.4, -0.2) is 17.9 Å². The summed E-state index contributed by atoms with van der Waals surface area (Å²) in [6.45, 7) is 0. The van der Waals surface area contributed by atoms with Gasteiger partial charge in [-0.15, -0.1) is 0 Å². The number of hydrogen-bond acceptors (Lipinski definition) is 5. The Morgan fingerprint density at radius 3 is 2.29 bits per heavy atom. The van der Waals surface area contributed by atoms with Gasteiger partial charge in [-0.1, -0.05) is 19.6 Å². The molecule has 0 unspecified atom stereocenters. The summed E-state index contributed by atoms with van der Waals surface area (Å²) < 4.78 is 31.3. The molecule has 0 atom stereocenters. The van der Waals surface area contributed by atoms with Crippen LogP contribution >= 0.6 is 0 Å². The Morgan fingerprint density at radius 2 is 1.86 bits per heavy atom. The molecule has 0 saturated carbocycles. The second-order valence-corrected chi connectivity index (χ2v) is 3.59. The molecule has 0 N–H and O–H groups in total.